The van der Waals surface area contributed by atoms with Crippen LogP contribution in [0.2, 0.25) is 0 Å². The van der Waals surface area contributed by atoms with Crippen molar-refractivity contribution in [1.82, 2.24) is 25.1 Å². The molecule has 1 aliphatic carbocycles. The van der Waals surface area contributed by atoms with E-state index in [-0.39, 0.29) is 18.0 Å². The van der Waals surface area contributed by atoms with Gasteiger partial charge in [0.15, 0.2) is 0 Å². The number of carbonyl (C=O) groups is 1. The number of nitrogens with two attached hydrogens (primary N) is 1. The molecular formula is C29H32N6O. The van der Waals surface area contributed by atoms with Gasteiger partial charge in [0.2, 0.25) is 5.91 Å². The van der Waals surface area contributed by atoms with E-state index < -0.39 is 0 Å². The minimum Gasteiger partial charge on any atom is -0.383 e. The summed E-state index contributed by atoms with van der Waals surface area (Å²) in [5.74, 6) is 0.656. The van der Waals surface area contributed by atoms with Crippen LogP contribution in [-0.2, 0) is 4.79 Å². The van der Waals surface area contributed by atoms with Gasteiger partial charge >= 0.3 is 0 Å². The van der Waals surface area contributed by atoms with E-state index in [1.54, 1.807) is 0 Å². The predicted octanol–water partition coefficient (Wildman–Crippen LogP) is 5.81. The van der Waals surface area contributed by atoms with Gasteiger partial charge in [-0.05, 0) is 57.1 Å². The Morgan fingerprint density at radius 1 is 1.03 bits per heavy atom. The van der Waals surface area contributed by atoms with Crippen LogP contribution < -0.4 is 11.1 Å². The maximum absolute atomic E-state index is 12.6. The number of hydrogen-bond acceptors (Lipinski definition) is 5. The number of nitrogens with zero attached hydrogens (tertiary/aromatic N) is 4. The smallest absolute Gasteiger partial charge is 0.220 e. The summed E-state index contributed by atoms with van der Waals surface area (Å²) in [6.45, 7) is 0. The third-order valence-electron chi connectivity index (χ3n) is 7.58. The first-order valence-corrected chi connectivity index (χ1v) is 13.1. The topological polar surface area (TPSA) is 98.7 Å². The highest BCUT2D eigenvalue weighted by Gasteiger charge is 2.29. The Morgan fingerprint density at radius 2 is 1.94 bits per heavy atom. The number of nitrogens with one attached hydrogen (secondary N) is 1. The van der Waals surface area contributed by atoms with Crippen LogP contribution in [0.25, 0.3) is 39.1 Å². The number of rotatable bonds is 1. The number of hydrogen-bond donors (Lipinski definition) is 2. The second-order valence-electron chi connectivity index (χ2n) is 10.1. The number of anilines is 1. The molecule has 3 aromatic heterocycles. The van der Waals surface area contributed by atoms with Crippen molar-refractivity contribution in [2.45, 2.75) is 69.9 Å². The fourth-order valence-electron chi connectivity index (χ4n) is 5.76. The molecule has 1 fully saturated rings. The number of para-hydroxylation sites is 1. The molecule has 1 amide bonds. The first-order chi connectivity index (χ1) is 17.7. The molecule has 0 radical (unpaired) electrons. The van der Waals surface area contributed by atoms with Crippen LogP contribution in [0.4, 0.5) is 5.82 Å². The van der Waals surface area contributed by atoms with Crippen molar-refractivity contribution >= 4 is 39.6 Å². The van der Waals surface area contributed by atoms with Crippen molar-refractivity contribution < 1.29 is 4.79 Å². The quantitative estimate of drug-likeness (QED) is 0.358. The van der Waals surface area contributed by atoms with E-state index in [2.05, 4.69) is 44.3 Å². The lowest BCUT2D eigenvalue weighted by atomic mass is 9.90. The van der Waals surface area contributed by atoms with Gasteiger partial charge in [0.05, 0.1) is 22.5 Å². The molecule has 2 atom stereocenters. The molecule has 0 saturated heterocycles. The zero-order chi connectivity index (χ0) is 24.5. The number of nitrogen functional groups attached to an aromatic ring is 1. The van der Waals surface area contributed by atoms with E-state index in [0.29, 0.717) is 12.2 Å². The summed E-state index contributed by atoms with van der Waals surface area (Å²) in [5.41, 5.74) is 11.3. The summed E-state index contributed by atoms with van der Waals surface area (Å²) in [6.07, 6.45) is 16.7. The highest BCUT2D eigenvalue weighted by molar-refractivity contribution is 6.04. The lowest BCUT2D eigenvalue weighted by molar-refractivity contribution is -0.122. The normalized spacial score (nSPS) is 22.1. The molecule has 2 aliphatic rings. The largest absolute Gasteiger partial charge is 0.383 e. The van der Waals surface area contributed by atoms with Gasteiger partial charge in [0.1, 0.15) is 11.5 Å². The van der Waals surface area contributed by atoms with Crippen molar-refractivity contribution in [2.24, 2.45) is 0 Å². The van der Waals surface area contributed by atoms with Crippen molar-refractivity contribution in [1.29, 1.82) is 0 Å². The van der Waals surface area contributed by atoms with Gasteiger partial charge in [-0.25, -0.2) is 4.98 Å². The van der Waals surface area contributed by atoms with Crippen molar-refractivity contribution in [3.8, 4) is 11.3 Å². The molecule has 6 rings (SSSR count). The van der Waals surface area contributed by atoms with E-state index in [0.717, 1.165) is 90.0 Å². The summed E-state index contributed by atoms with van der Waals surface area (Å²) >= 11 is 0. The SMILES string of the molecule is Nc1ncc2c3c1c(-c1cnc4ccccc4c1)nn3[C@@H]1CCC[C@H](C1)NC(=O)CCCCC/C=C/2. The maximum Gasteiger partial charge on any atom is 0.220 e. The summed E-state index contributed by atoms with van der Waals surface area (Å²) in [5, 5.41) is 10.4. The molecule has 0 spiro atoms. The Bertz CT molecular complexity index is 1460. The summed E-state index contributed by atoms with van der Waals surface area (Å²) in [7, 11) is 0. The van der Waals surface area contributed by atoms with Gasteiger partial charge in [-0.2, -0.15) is 5.10 Å². The average molecular weight is 481 g/mol. The summed E-state index contributed by atoms with van der Waals surface area (Å²) in [4.78, 5) is 21.8. The van der Waals surface area contributed by atoms with Crippen LogP contribution in [0.3, 0.4) is 0 Å². The Hall–Kier alpha value is -3.74. The monoisotopic (exact) mass is 480 g/mol. The fraction of sp³-hybridized carbons (Fsp3) is 0.379. The first kappa shape index (κ1) is 22.7. The molecule has 7 heteroatoms. The van der Waals surface area contributed by atoms with Crippen molar-refractivity contribution in [3.63, 3.8) is 0 Å². The molecule has 3 N–H and O–H groups in total. The summed E-state index contributed by atoms with van der Waals surface area (Å²) in [6, 6.07) is 10.6. The van der Waals surface area contributed by atoms with Crippen LogP contribution in [-0.4, -0.2) is 31.7 Å². The molecular weight excluding hydrogens is 448 g/mol. The third kappa shape index (κ3) is 4.34. The Balaban J connectivity index is 1.53. The number of benzene rings is 1. The average Bonchev–Trinajstić information content (AvgIpc) is 3.30. The molecule has 0 unspecified atom stereocenters. The van der Waals surface area contributed by atoms with Gasteiger partial charge in [0.25, 0.3) is 0 Å². The van der Waals surface area contributed by atoms with Crippen LogP contribution in [0.5, 0.6) is 0 Å². The lowest BCUT2D eigenvalue weighted by Gasteiger charge is -2.30. The number of allylic oxidation sites excluding steroid dienone is 1. The van der Waals surface area contributed by atoms with Crippen LogP contribution >= 0.6 is 0 Å². The number of pyridine rings is 2. The third-order valence-corrected chi connectivity index (χ3v) is 7.58. The van der Waals surface area contributed by atoms with E-state index in [4.69, 9.17) is 10.8 Å². The van der Waals surface area contributed by atoms with Crippen molar-refractivity contribution in [3.05, 3.63) is 54.4 Å². The Labute approximate surface area is 210 Å². The molecule has 2 bridgehead atoms. The molecule has 184 valence electrons. The van der Waals surface area contributed by atoms with E-state index >= 15 is 0 Å². The van der Waals surface area contributed by atoms with E-state index in [1.165, 1.54) is 0 Å². The maximum atomic E-state index is 12.6. The highest BCUT2D eigenvalue weighted by Crippen LogP contribution is 2.39. The van der Waals surface area contributed by atoms with Crippen LogP contribution in [0.1, 0.15) is 69.4 Å². The second kappa shape index (κ2) is 9.72. The fourth-order valence-corrected chi connectivity index (χ4v) is 5.76. The number of amides is 1. The summed E-state index contributed by atoms with van der Waals surface area (Å²) < 4.78 is 2.16. The van der Waals surface area contributed by atoms with Gasteiger partial charge in [-0.3, -0.25) is 14.5 Å². The van der Waals surface area contributed by atoms with Gasteiger partial charge < -0.3 is 11.1 Å². The molecule has 7 nitrogen and oxygen atoms in total. The Morgan fingerprint density at radius 3 is 2.89 bits per heavy atom. The van der Waals surface area contributed by atoms with Gasteiger partial charge in [-0.1, -0.05) is 36.8 Å². The molecule has 1 aromatic carbocycles. The predicted molar refractivity (Wildman–Crippen MR) is 144 cm³/mol. The van der Waals surface area contributed by atoms with Gasteiger partial charge in [0, 0.05) is 41.4 Å². The molecule has 1 aliphatic heterocycles. The number of carbonyl (C=O) groups excluding carboxylic acids is 1. The minimum atomic E-state index is 0.171. The minimum absolute atomic E-state index is 0.171. The van der Waals surface area contributed by atoms with Crippen LogP contribution in [0.15, 0.2) is 48.8 Å². The highest BCUT2D eigenvalue weighted by atomic mass is 16.1. The lowest BCUT2D eigenvalue weighted by Crippen LogP contribution is -2.39. The zero-order valence-corrected chi connectivity index (χ0v) is 20.5. The first-order valence-electron chi connectivity index (χ1n) is 13.1. The Kier molecular flexibility index (Phi) is 6.13. The zero-order valence-electron chi connectivity index (χ0n) is 20.5. The number of fused-ring (bicyclic) bond motifs is 4. The van der Waals surface area contributed by atoms with Crippen LogP contribution in [0, 0.1) is 0 Å². The van der Waals surface area contributed by atoms with E-state index in [9.17, 15) is 4.79 Å². The van der Waals surface area contributed by atoms with E-state index in [1.807, 2.05) is 30.6 Å². The van der Waals surface area contributed by atoms with Crippen molar-refractivity contribution in [2.75, 3.05) is 5.73 Å². The van der Waals surface area contributed by atoms with Gasteiger partial charge in [-0.15, -0.1) is 0 Å². The molecule has 36 heavy (non-hydrogen) atoms. The molecule has 4 heterocycles. The standard InChI is InChI=1S/C29H32N6O/c30-29-26-27(21-15-19-9-6-7-13-24(19)31-18-21)34-35-23-12-8-11-22(16-23)33-25(36)14-5-3-1-2-4-10-20(17-32-29)28(26)35/h4,6-7,9-10,13,15,17-18,22-23H,1-3,5,8,11-12,14,16H2,(H2,30,32)(H,33,36)/b10-4+/t22-,23-/m1/s1. The molecule has 1 saturated carbocycles. The second-order valence-corrected chi connectivity index (χ2v) is 10.1. The number of aromatic nitrogens is 4. The molecule has 4 aromatic rings.